The van der Waals surface area contributed by atoms with Crippen LogP contribution in [0.15, 0.2) is 24.3 Å². The number of Topliss-reactive ketones (excluding diaryl/α,β-unsaturated/α-hetero) is 1. The van der Waals surface area contributed by atoms with Crippen LogP contribution in [-0.4, -0.2) is 23.0 Å². The monoisotopic (exact) mass is 259 g/mol. The highest BCUT2D eigenvalue weighted by Crippen LogP contribution is 2.33. The molecule has 3 nitrogen and oxygen atoms in total. The van der Waals surface area contributed by atoms with Crippen LogP contribution in [0.4, 0.5) is 0 Å². The van der Waals surface area contributed by atoms with E-state index < -0.39 is 0 Å². The average Bonchev–Trinajstić information content (AvgIpc) is 2.68. The molecule has 2 unspecified atom stereocenters. The van der Waals surface area contributed by atoms with E-state index in [9.17, 15) is 9.90 Å². The van der Waals surface area contributed by atoms with Crippen molar-refractivity contribution >= 4 is 5.78 Å². The van der Waals surface area contributed by atoms with Gasteiger partial charge in [-0.1, -0.05) is 12.1 Å². The van der Waals surface area contributed by atoms with Crippen LogP contribution in [0.1, 0.15) is 37.7 Å². The molecule has 0 aromatic heterocycles. The number of carbonyl (C=O) groups is 1. The van der Waals surface area contributed by atoms with Crippen molar-refractivity contribution in [1.82, 2.24) is 5.32 Å². The minimum atomic E-state index is 0.241. The zero-order chi connectivity index (χ0) is 13.2. The van der Waals surface area contributed by atoms with E-state index in [-0.39, 0.29) is 5.75 Å². The Morgan fingerprint density at radius 1 is 1.26 bits per heavy atom. The Bertz CT molecular complexity index is 460. The Morgan fingerprint density at radius 3 is 2.68 bits per heavy atom. The number of nitrogens with one attached hydrogen (secondary N) is 1. The Hall–Kier alpha value is -1.35. The summed E-state index contributed by atoms with van der Waals surface area (Å²) in [6.45, 7) is 0. The van der Waals surface area contributed by atoms with Crippen molar-refractivity contribution in [1.29, 1.82) is 0 Å². The fraction of sp³-hybridized carbons (Fsp3) is 0.562. The van der Waals surface area contributed by atoms with Crippen LogP contribution in [-0.2, 0) is 11.2 Å². The summed E-state index contributed by atoms with van der Waals surface area (Å²) in [6, 6.07) is 8.32. The predicted octanol–water partition coefficient (Wildman–Crippen LogP) is 2.42. The normalized spacial score (nSPS) is 29.4. The van der Waals surface area contributed by atoms with Crippen molar-refractivity contribution in [3.8, 4) is 5.75 Å². The van der Waals surface area contributed by atoms with Gasteiger partial charge < -0.3 is 10.4 Å². The van der Waals surface area contributed by atoms with Gasteiger partial charge in [-0.15, -0.1) is 0 Å². The summed E-state index contributed by atoms with van der Waals surface area (Å²) in [5.41, 5.74) is 0.918. The van der Waals surface area contributed by atoms with Gasteiger partial charge in [0.05, 0.1) is 0 Å². The van der Waals surface area contributed by atoms with Crippen molar-refractivity contribution < 1.29 is 9.90 Å². The first-order valence-corrected chi connectivity index (χ1v) is 7.24. The van der Waals surface area contributed by atoms with Crippen LogP contribution in [0.25, 0.3) is 0 Å². The molecule has 2 N–H and O–H groups in total. The number of phenolic OH excluding ortho intramolecular Hbond substituents is 1. The lowest BCUT2D eigenvalue weighted by molar-refractivity contribution is -0.119. The molecule has 0 amide bonds. The third kappa shape index (κ3) is 3.16. The minimum Gasteiger partial charge on any atom is -0.508 e. The molecule has 0 spiro atoms. The molecule has 3 rings (SSSR count). The first kappa shape index (κ1) is 12.7. The second-order valence-corrected chi connectivity index (χ2v) is 6.06. The molecule has 0 aliphatic carbocycles. The molecular formula is C16H21NO2. The number of ketones is 1. The number of piperidine rings is 1. The molecule has 3 heteroatoms. The number of hydrogen-bond acceptors (Lipinski definition) is 3. The number of aromatic hydroxyl groups is 1. The smallest absolute Gasteiger partial charge is 0.137 e. The molecule has 2 fully saturated rings. The molecule has 19 heavy (non-hydrogen) atoms. The lowest BCUT2D eigenvalue weighted by atomic mass is 9.87. The van der Waals surface area contributed by atoms with Crippen molar-refractivity contribution in [3.05, 3.63) is 29.8 Å². The molecule has 1 aromatic carbocycles. The van der Waals surface area contributed by atoms with Gasteiger partial charge in [-0.25, -0.2) is 0 Å². The van der Waals surface area contributed by atoms with Crippen LogP contribution in [0.3, 0.4) is 0 Å². The third-order valence-electron chi connectivity index (χ3n) is 4.40. The summed E-state index contributed by atoms with van der Waals surface area (Å²) in [5.74, 6) is 1.10. The van der Waals surface area contributed by atoms with Crippen LogP contribution < -0.4 is 5.32 Å². The molecule has 102 valence electrons. The molecular weight excluding hydrogens is 238 g/mol. The number of rotatable bonds is 4. The van der Waals surface area contributed by atoms with E-state index in [1.807, 2.05) is 6.07 Å². The molecule has 2 heterocycles. The number of fused-ring (bicyclic) bond motifs is 2. The lowest BCUT2D eigenvalue weighted by Gasteiger charge is -2.28. The second kappa shape index (κ2) is 5.33. The van der Waals surface area contributed by atoms with Crippen molar-refractivity contribution in [2.45, 2.75) is 50.6 Å². The highest BCUT2D eigenvalue weighted by Gasteiger charge is 2.33. The molecule has 2 aliphatic heterocycles. The van der Waals surface area contributed by atoms with Gasteiger partial charge in [0.25, 0.3) is 0 Å². The third-order valence-corrected chi connectivity index (χ3v) is 4.40. The number of carbonyl (C=O) groups excluding carboxylic acids is 1. The van der Waals surface area contributed by atoms with Crippen molar-refractivity contribution in [2.24, 2.45) is 5.92 Å². The number of hydrogen-bond donors (Lipinski definition) is 2. The topological polar surface area (TPSA) is 49.3 Å². The maximum atomic E-state index is 12.1. The van der Waals surface area contributed by atoms with E-state index in [1.165, 1.54) is 12.8 Å². The Kier molecular flexibility index (Phi) is 3.56. The fourth-order valence-corrected chi connectivity index (χ4v) is 3.63. The van der Waals surface area contributed by atoms with Gasteiger partial charge in [-0.3, -0.25) is 4.79 Å². The van der Waals surface area contributed by atoms with E-state index >= 15 is 0 Å². The minimum absolute atomic E-state index is 0.241. The van der Waals surface area contributed by atoms with Crippen molar-refractivity contribution in [3.63, 3.8) is 0 Å². The molecule has 0 radical (unpaired) electrons. The Morgan fingerprint density at radius 2 is 2.00 bits per heavy atom. The average molecular weight is 259 g/mol. The molecule has 2 saturated heterocycles. The van der Waals surface area contributed by atoms with Gasteiger partial charge in [-0.05, 0) is 49.3 Å². The van der Waals surface area contributed by atoms with Gasteiger partial charge >= 0.3 is 0 Å². The van der Waals surface area contributed by atoms with Gasteiger partial charge in [0.2, 0.25) is 0 Å². The summed E-state index contributed by atoms with van der Waals surface area (Å²) >= 11 is 0. The summed E-state index contributed by atoms with van der Waals surface area (Å²) in [6.07, 6.45) is 6.02. The molecule has 2 aliphatic rings. The van der Waals surface area contributed by atoms with E-state index in [2.05, 4.69) is 5.32 Å². The van der Waals surface area contributed by atoms with Gasteiger partial charge in [0.1, 0.15) is 11.5 Å². The van der Waals surface area contributed by atoms with Crippen molar-refractivity contribution in [2.75, 3.05) is 0 Å². The summed E-state index contributed by atoms with van der Waals surface area (Å²) < 4.78 is 0. The van der Waals surface area contributed by atoms with Gasteiger partial charge in [0, 0.05) is 24.9 Å². The van der Waals surface area contributed by atoms with E-state index in [0.717, 1.165) is 18.4 Å². The van der Waals surface area contributed by atoms with Crippen LogP contribution in [0.5, 0.6) is 5.75 Å². The molecule has 1 aromatic rings. The highest BCUT2D eigenvalue weighted by molar-refractivity contribution is 5.81. The standard InChI is InChI=1S/C16H21NO2/c18-15-3-1-2-11(8-15)9-16(19)10-12-6-13-4-5-14(7-12)17-13/h1-3,8,12-14,17-18H,4-7,9-10H2. The zero-order valence-electron chi connectivity index (χ0n) is 11.1. The predicted molar refractivity (Wildman–Crippen MR) is 74.1 cm³/mol. The largest absolute Gasteiger partial charge is 0.508 e. The summed E-state index contributed by atoms with van der Waals surface area (Å²) in [5, 5.41) is 13.0. The fourth-order valence-electron chi connectivity index (χ4n) is 3.63. The first-order chi connectivity index (χ1) is 9.19. The van der Waals surface area contributed by atoms with Gasteiger partial charge in [-0.2, -0.15) is 0 Å². The second-order valence-electron chi connectivity index (χ2n) is 6.06. The summed E-state index contributed by atoms with van der Waals surface area (Å²) in [7, 11) is 0. The maximum absolute atomic E-state index is 12.1. The summed E-state index contributed by atoms with van der Waals surface area (Å²) in [4.78, 5) is 12.1. The Labute approximate surface area is 114 Å². The van der Waals surface area contributed by atoms with Gasteiger partial charge in [0.15, 0.2) is 0 Å². The lowest BCUT2D eigenvalue weighted by Crippen LogP contribution is -2.38. The van der Waals surface area contributed by atoms with E-state index in [4.69, 9.17) is 0 Å². The molecule has 0 saturated carbocycles. The zero-order valence-corrected chi connectivity index (χ0v) is 11.1. The molecule has 2 atom stereocenters. The van der Waals surface area contributed by atoms with E-state index in [0.29, 0.717) is 36.6 Å². The highest BCUT2D eigenvalue weighted by atomic mass is 16.3. The number of phenols is 1. The van der Waals surface area contributed by atoms with E-state index in [1.54, 1.807) is 18.2 Å². The SMILES string of the molecule is O=C(Cc1cccc(O)c1)CC1CC2CCC(C1)N2. The number of benzene rings is 1. The maximum Gasteiger partial charge on any atom is 0.137 e. The Balaban J connectivity index is 1.54. The van der Waals surface area contributed by atoms with Crippen LogP contribution >= 0.6 is 0 Å². The van der Waals surface area contributed by atoms with Crippen LogP contribution in [0.2, 0.25) is 0 Å². The first-order valence-electron chi connectivity index (χ1n) is 7.24. The quantitative estimate of drug-likeness (QED) is 0.873. The van der Waals surface area contributed by atoms with Crippen LogP contribution in [0, 0.1) is 5.92 Å². The molecule has 2 bridgehead atoms.